The van der Waals surface area contributed by atoms with Gasteiger partial charge in [-0.1, -0.05) is 24.3 Å². The summed E-state index contributed by atoms with van der Waals surface area (Å²) in [5, 5.41) is 0. The van der Waals surface area contributed by atoms with E-state index in [4.69, 9.17) is 4.74 Å². The zero-order valence-electron chi connectivity index (χ0n) is 14.3. The molecule has 8 heteroatoms. The lowest BCUT2D eigenvalue weighted by atomic mass is 10.1. The second kappa shape index (κ2) is 7.22. The molecule has 0 unspecified atom stereocenters. The smallest absolute Gasteiger partial charge is 0.416 e. The number of aromatic nitrogens is 2. The predicted octanol–water partition coefficient (Wildman–Crippen LogP) is 3.31. The highest BCUT2D eigenvalue weighted by molar-refractivity contribution is 5.72. The SMILES string of the molecule is Cc1ccc2nc(COC(=O)Cc3cccc(C(F)(F)F)c3)cc(=O)n2c1. The van der Waals surface area contributed by atoms with E-state index < -0.39 is 17.7 Å². The Morgan fingerprint density at radius 1 is 1.19 bits per heavy atom. The molecular formula is C19H15F3N2O3. The van der Waals surface area contributed by atoms with E-state index in [0.717, 1.165) is 17.7 Å². The van der Waals surface area contributed by atoms with Gasteiger partial charge < -0.3 is 4.74 Å². The van der Waals surface area contributed by atoms with E-state index in [1.54, 1.807) is 18.3 Å². The van der Waals surface area contributed by atoms with Gasteiger partial charge in [-0.2, -0.15) is 13.2 Å². The van der Waals surface area contributed by atoms with Crippen molar-refractivity contribution in [2.75, 3.05) is 0 Å². The lowest BCUT2D eigenvalue weighted by molar-refractivity contribution is -0.144. The number of rotatable bonds is 4. The summed E-state index contributed by atoms with van der Waals surface area (Å²) in [6.07, 6.45) is -3.14. The van der Waals surface area contributed by atoms with Gasteiger partial charge in [0, 0.05) is 12.3 Å². The number of hydrogen-bond donors (Lipinski definition) is 0. The van der Waals surface area contributed by atoms with Gasteiger partial charge in [0.25, 0.3) is 5.56 Å². The zero-order chi connectivity index (χ0) is 19.6. The Morgan fingerprint density at radius 2 is 1.96 bits per heavy atom. The van der Waals surface area contributed by atoms with Crippen molar-refractivity contribution < 1.29 is 22.7 Å². The third-order valence-corrected chi connectivity index (χ3v) is 3.84. The van der Waals surface area contributed by atoms with Crippen LogP contribution in [0.15, 0.2) is 53.5 Å². The first-order valence-corrected chi connectivity index (χ1v) is 8.03. The van der Waals surface area contributed by atoms with Crippen LogP contribution in [-0.2, 0) is 28.7 Å². The van der Waals surface area contributed by atoms with E-state index in [2.05, 4.69) is 4.98 Å². The number of carbonyl (C=O) groups excluding carboxylic acids is 1. The van der Waals surface area contributed by atoms with Gasteiger partial charge in [0.05, 0.1) is 17.7 Å². The normalized spacial score (nSPS) is 11.6. The maximum atomic E-state index is 12.7. The summed E-state index contributed by atoms with van der Waals surface area (Å²) in [6.45, 7) is 1.60. The number of halogens is 3. The number of esters is 1. The molecule has 2 aromatic heterocycles. The highest BCUT2D eigenvalue weighted by atomic mass is 19.4. The van der Waals surface area contributed by atoms with E-state index >= 15 is 0 Å². The molecule has 5 nitrogen and oxygen atoms in total. The molecule has 0 bridgehead atoms. The minimum Gasteiger partial charge on any atom is -0.459 e. The highest BCUT2D eigenvalue weighted by Crippen LogP contribution is 2.29. The molecule has 0 aliphatic rings. The highest BCUT2D eigenvalue weighted by Gasteiger charge is 2.30. The number of nitrogens with zero attached hydrogens (tertiary/aromatic N) is 2. The Labute approximate surface area is 152 Å². The largest absolute Gasteiger partial charge is 0.459 e. The van der Waals surface area contributed by atoms with E-state index in [0.29, 0.717) is 5.65 Å². The molecule has 0 N–H and O–H groups in total. The molecule has 1 aromatic carbocycles. The van der Waals surface area contributed by atoms with E-state index in [1.165, 1.54) is 22.6 Å². The van der Waals surface area contributed by atoms with Crippen LogP contribution in [0, 0.1) is 6.92 Å². The van der Waals surface area contributed by atoms with Crippen LogP contribution in [0.1, 0.15) is 22.4 Å². The van der Waals surface area contributed by atoms with Gasteiger partial charge in [-0.25, -0.2) is 4.98 Å². The third-order valence-electron chi connectivity index (χ3n) is 3.84. The summed E-state index contributed by atoms with van der Waals surface area (Å²) < 4.78 is 44.6. The van der Waals surface area contributed by atoms with Crippen LogP contribution in [0.2, 0.25) is 0 Å². The molecule has 0 aliphatic carbocycles. The van der Waals surface area contributed by atoms with Crippen LogP contribution >= 0.6 is 0 Å². The fraction of sp³-hybridized carbons (Fsp3) is 0.211. The number of aryl methyl sites for hydroxylation is 1. The summed E-state index contributed by atoms with van der Waals surface area (Å²) in [7, 11) is 0. The second-order valence-electron chi connectivity index (χ2n) is 6.06. The van der Waals surface area contributed by atoms with Crippen LogP contribution in [0.25, 0.3) is 5.65 Å². The Balaban J connectivity index is 1.68. The molecule has 0 fully saturated rings. The van der Waals surface area contributed by atoms with Crippen molar-refractivity contribution in [3.8, 4) is 0 Å². The lowest BCUT2D eigenvalue weighted by Gasteiger charge is -2.09. The quantitative estimate of drug-likeness (QED) is 0.656. The van der Waals surface area contributed by atoms with Gasteiger partial charge >= 0.3 is 12.1 Å². The average molecular weight is 376 g/mol. The van der Waals surface area contributed by atoms with E-state index in [9.17, 15) is 22.8 Å². The molecule has 3 aromatic rings. The Morgan fingerprint density at radius 3 is 2.70 bits per heavy atom. The predicted molar refractivity (Wildman–Crippen MR) is 91.1 cm³/mol. The molecule has 2 heterocycles. The third kappa shape index (κ3) is 4.52. The summed E-state index contributed by atoms with van der Waals surface area (Å²) in [6, 6.07) is 9.21. The standard InChI is InChI=1S/C19H15F3N2O3/c1-12-5-6-16-23-15(9-17(25)24(16)10-12)11-27-18(26)8-13-3-2-4-14(7-13)19(20,21)22/h2-7,9-10H,8,11H2,1H3. The van der Waals surface area contributed by atoms with E-state index in [1.807, 2.05) is 6.92 Å². The van der Waals surface area contributed by atoms with Gasteiger partial charge in [0.15, 0.2) is 0 Å². The summed E-state index contributed by atoms with van der Waals surface area (Å²) in [4.78, 5) is 28.3. The number of carbonyl (C=O) groups is 1. The van der Waals surface area contributed by atoms with Gasteiger partial charge in [-0.15, -0.1) is 0 Å². The summed E-state index contributed by atoms with van der Waals surface area (Å²) in [5.74, 6) is -0.708. The number of hydrogen-bond acceptors (Lipinski definition) is 4. The fourth-order valence-electron chi connectivity index (χ4n) is 2.56. The molecule has 0 amide bonds. The Bertz CT molecular complexity index is 1060. The summed E-state index contributed by atoms with van der Waals surface area (Å²) in [5.41, 5.74) is 0.627. The fourth-order valence-corrected chi connectivity index (χ4v) is 2.56. The first-order valence-electron chi connectivity index (χ1n) is 8.03. The molecule has 0 atom stereocenters. The van der Waals surface area contributed by atoms with Crippen molar-refractivity contribution in [1.29, 1.82) is 0 Å². The maximum Gasteiger partial charge on any atom is 0.416 e. The monoisotopic (exact) mass is 376 g/mol. The molecule has 27 heavy (non-hydrogen) atoms. The van der Waals surface area contributed by atoms with Crippen LogP contribution in [0.4, 0.5) is 13.2 Å². The molecule has 0 aliphatic heterocycles. The number of fused-ring (bicyclic) bond motifs is 1. The molecule has 0 saturated heterocycles. The Hall–Kier alpha value is -3.16. The van der Waals surface area contributed by atoms with Gasteiger partial charge in [0.2, 0.25) is 0 Å². The minimum absolute atomic E-state index is 0.192. The van der Waals surface area contributed by atoms with Gasteiger partial charge in [0.1, 0.15) is 12.3 Å². The van der Waals surface area contributed by atoms with Crippen LogP contribution in [-0.4, -0.2) is 15.4 Å². The van der Waals surface area contributed by atoms with Crippen molar-refractivity contribution in [2.24, 2.45) is 0 Å². The van der Waals surface area contributed by atoms with Crippen molar-refractivity contribution in [1.82, 2.24) is 9.38 Å². The number of benzene rings is 1. The van der Waals surface area contributed by atoms with E-state index in [-0.39, 0.29) is 29.8 Å². The first-order chi connectivity index (χ1) is 12.7. The van der Waals surface area contributed by atoms with Gasteiger partial charge in [-0.3, -0.25) is 14.0 Å². The minimum atomic E-state index is -4.48. The van der Waals surface area contributed by atoms with Crippen molar-refractivity contribution in [3.63, 3.8) is 0 Å². The molecule has 3 rings (SSSR count). The van der Waals surface area contributed by atoms with Crippen LogP contribution in [0.3, 0.4) is 0 Å². The van der Waals surface area contributed by atoms with Crippen LogP contribution in [0.5, 0.6) is 0 Å². The van der Waals surface area contributed by atoms with Gasteiger partial charge in [-0.05, 0) is 30.2 Å². The number of alkyl halides is 3. The van der Waals surface area contributed by atoms with Crippen molar-refractivity contribution >= 4 is 11.6 Å². The first kappa shape index (κ1) is 18.6. The molecule has 140 valence electrons. The average Bonchev–Trinajstić information content (AvgIpc) is 2.60. The molecule has 0 spiro atoms. The molecule has 0 saturated carbocycles. The maximum absolute atomic E-state index is 12.7. The number of ether oxygens (including phenoxy) is 1. The second-order valence-corrected chi connectivity index (χ2v) is 6.06. The van der Waals surface area contributed by atoms with Crippen molar-refractivity contribution in [2.45, 2.75) is 26.1 Å². The molecule has 0 radical (unpaired) electrons. The van der Waals surface area contributed by atoms with Crippen LogP contribution < -0.4 is 5.56 Å². The summed E-state index contributed by atoms with van der Waals surface area (Å²) >= 11 is 0. The van der Waals surface area contributed by atoms with Crippen molar-refractivity contribution in [3.05, 3.63) is 81.4 Å². The number of pyridine rings is 1. The zero-order valence-corrected chi connectivity index (χ0v) is 14.3. The lowest BCUT2D eigenvalue weighted by Crippen LogP contribution is -2.17. The Kier molecular flexibility index (Phi) is 4.98. The molecular weight excluding hydrogens is 361 g/mol. The topological polar surface area (TPSA) is 60.7 Å².